The first-order valence-corrected chi connectivity index (χ1v) is 4.33. The highest BCUT2D eigenvalue weighted by molar-refractivity contribution is 5.94. The van der Waals surface area contributed by atoms with Crippen LogP contribution in [0.1, 0.15) is 22.8 Å². The van der Waals surface area contributed by atoms with Crippen molar-refractivity contribution in [1.29, 1.82) is 0 Å². The number of benzene rings is 1. The zero-order valence-electron chi connectivity index (χ0n) is 8.20. The van der Waals surface area contributed by atoms with Gasteiger partial charge in [-0.15, -0.1) is 0 Å². The molecule has 1 aromatic rings. The third-order valence-corrected chi connectivity index (χ3v) is 1.93. The van der Waals surface area contributed by atoms with Crippen LogP contribution in [0.4, 0.5) is 5.69 Å². The molecule has 0 aliphatic carbocycles. The second-order valence-electron chi connectivity index (χ2n) is 2.91. The Morgan fingerprint density at radius 3 is 2.79 bits per heavy atom. The summed E-state index contributed by atoms with van der Waals surface area (Å²) < 4.78 is 4.75. The molecule has 0 amide bonds. The number of carbonyl (C=O) groups excluding carboxylic acids is 1. The predicted molar refractivity (Wildman–Crippen MR) is 53.2 cm³/mol. The van der Waals surface area contributed by atoms with E-state index >= 15 is 0 Å². The number of rotatable bonds is 2. The Balaban J connectivity index is 3.11. The molecule has 0 atom stereocenters. The number of anilines is 1. The molecule has 0 unspecified atom stereocenters. The number of aryl methyl sites for hydroxylation is 1. The van der Waals surface area contributed by atoms with Crippen molar-refractivity contribution in [2.45, 2.75) is 13.8 Å². The molecule has 0 saturated carbocycles. The molecular formula is C10H13NO3. The summed E-state index contributed by atoms with van der Waals surface area (Å²) in [4.78, 5) is 11.3. The van der Waals surface area contributed by atoms with E-state index in [1.807, 2.05) is 0 Å². The third-order valence-electron chi connectivity index (χ3n) is 1.93. The van der Waals surface area contributed by atoms with Crippen molar-refractivity contribution < 1.29 is 14.6 Å². The molecule has 3 N–H and O–H groups in total. The number of phenols is 1. The highest BCUT2D eigenvalue weighted by Crippen LogP contribution is 2.28. The first kappa shape index (κ1) is 10.4. The van der Waals surface area contributed by atoms with Crippen molar-refractivity contribution in [3.05, 3.63) is 23.3 Å². The smallest absolute Gasteiger partial charge is 0.341 e. The van der Waals surface area contributed by atoms with Crippen LogP contribution in [0.2, 0.25) is 0 Å². The highest BCUT2D eigenvalue weighted by atomic mass is 16.5. The molecule has 4 nitrogen and oxygen atoms in total. The fourth-order valence-electron chi connectivity index (χ4n) is 1.08. The van der Waals surface area contributed by atoms with Crippen molar-refractivity contribution in [2.24, 2.45) is 0 Å². The van der Waals surface area contributed by atoms with Gasteiger partial charge in [0.15, 0.2) is 5.75 Å². The van der Waals surface area contributed by atoms with Crippen molar-refractivity contribution >= 4 is 11.7 Å². The number of phenolic OH excluding ortho intramolecular Hbond substituents is 1. The topological polar surface area (TPSA) is 72.5 Å². The molecule has 14 heavy (non-hydrogen) atoms. The largest absolute Gasteiger partial charge is 0.505 e. The number of hydrogen-bond donors (Lipinski definition) is 2. The number of hydrogen-bond acceptors (Lipinski definition) is 4. The molecule has 0 aliphatic heterocycles. The monoisotopic (exact) mass is 195 g/mol. The Morgan fingerprint density at radius 1 is 1.57 bits per heavy atom. The van der Waals surface area contributed by atoms with Gasteiger partial charge in [0, 0.05) is 0 Å². The van der Waals surface area contributed by atoms with Gasteiger partial charge in [-0.25, -0.2) is 4.79 Å². The maximum absolute atomic E-state index is 11.3. The van der Waals surface area contributed by atoms with Gasteiger partial charge < -0.3 is 15.6 Å². The molecule has 1 rings (SSSR count). The van der Waals surface area contributed by atoms with E-state index in [0.29, 0.717) is 0 Å². The summed E-state index contributed by atoms with van der Waals surface area (Å²) in [7, 11) is 0. The summed E-state index contributed by atoms with van der Waals surface area (Å²) in [5.41, 5.74) is 6.62. The summed E-state index contributed by atoms with van der Waals surface area (Å²) >= 11 is 0. The van der Waals surface area contributed by atoms with Crippen LogP contribution in [-0.2, 0) is 4.74 Å². The van der Waals surface area contributed by atoms with E-state index in [4.69, 9.17) is 10.5 Å². The molecule has 0 saturated heterocycles. The van der Waals surface area contributed by atoms with E-state index in [-0.39, 0.29) is 23.6 Å². The first-order valence-electron chi connectivity index (χ1n) is 4.33. The van der Waals surface area contributed by atoms with E-state index in [2.05, 4.69) is 0 Å². The fraction of sp³-hybridized carbons (Fsp3) is 0.300. The van der Waals surface area contributed by atoms with Gasteiger partial charge in [-0.2, -0.15) is 0 Å². The van der Waals surface area contributed by atoms with Crippen LogP contribution in [0.25, 0.3) is 0 Å². The quantitative estimate of drug-likeness (QED) is 0.425. The summed E-state index contributed by atoms with van der Waals surface area (Å²) in [6, 6.07) is 3.17. The number of ether oxygens (including phenoxy) is 1. The normalized spacial score (nSPS) is 9.86. The van der Waals surface area contributed by atoms with E-state index in [1.54, 1.807) is 19.9 Å². The Kier molecular flexibility index (Phi) is 2.96. The minimum atomic E-state index is -0.559. The Morgan fingerprint density at radius 2 is 2.21 bits per heavy atom. The number of aromatic hydroxyl groups is 1. The highest BCUT2D eigenvalue weighted by Gasteiger charge is 2.15. The number of nitrogen functional groups attached to an aromatic ring is 1. The van der Waals surface area contributed by atoms with Crippen molar-refractivity contribution in [1.82, 2.24) is 0 Å². The minimum Gasteiger partial charge on any atom is -0.505 e. The summed E-state index contributed by atoms with van der Waals surface area (Å²) in [5.74, 6) is -0.764. The second kappa shape index (κ2) is 4.00. The zero-order valence-corrected chi connectivity index (χ0v) is 8.20. The number of carbonyl (C=O) groups is 1. The van der Waals surface area contributed by atoms with Crippen LogP contribution in [-0.4, -0.2) is 17.7 Å². The molecule has 1 aromatic carbocycles. The van der Waals surface area contributed by atoms with Gasteiger partial charge in [0.25, 0.3) is 0 Å². The van der Waals surface area contributed by atoms with Gasteiger partial charge in [0.2, 0.25) is 0 Å². The van der Waals surface area contributed by atoms with E-state index in [0.717, 1.165) is 5.56 Å². The van der Waals surface area contributed by atoms with E-state index < -0.39 is 5.97 Å². The molecular weight excluding hydrogens is 182 g/mol. The fourth-order valence-corrected chi connectivity index (χ4v) is 1.08. The van der Waals surface area contributed by atoms with Crippen molar-refractivity contribution in [3.63, 3.8) is 0 Å². The molecule has 0 spiro atoms. The molecule has 0 fully saturated rings. The number of nitrogens with two attached hydrogens (primary N) is 1. The second-order valence-corrected chi connectivity index (χ2v) is 2.91. The molecule has 0 heterocycles. The summed E-state index contributed by atoms with van der Waals surface area (Å²) in [6.07, 6.45) is 0. The Labute approximate surface area is 82.3 Å². The lowest BCUT2D eigenvalue weighted by Crippen LogP contribution is -2.06. The molecule has 0 radical (unpaired) electrons. The van der Waals surface area contributed by atoms with E-state index in [1.165, 1.54) is 6.07 Å². The molecule has 0 aromatic heterocycles. The van der Waals surface area contributed by atoms with Crippen molar-refractivity contribution in [2.75, 3.05) is 12.3 Å². The van der Waals surface area contributed by atoms with Crippen molar-refractivity contribution in [3.8, 4) is 5.75 Å². The third kappa shape index (κ3) is 1.79. The summed E-state index contributed by atoms with van der Waals surface area (Å²) in [5, 5.41) is 9.55. The lowest BCUT2D eigenvalue weighted by molar-refractivity contribution is 0.0523. The van der Waals surface area contributed by atoms with Crippen LogP contribution in [0.3, 0.4) is 0 Å². The van der Waals surface area contributed by atoms with Gasteiger partial charge in [0.05, 0.1) is 12.3 Å². The standard InChI is InChI=1S/C10H13NO3/c1-3-14-10(13)7-5-4-6(2)8(11)9(7)12/h4-5,12H,3,11H2,1-2H3. The van der Waals surface area contributed by atoms with E-state index in [9.17, 15) is 9.90 Å². The van der Waals surface area contributed by atoms with Crippen LogP contribution in [0.15, 0.2) is 12.1 Å². The lowest BCUT2D eigenvalue weighted by atomic mass is 10.1. The summed E-state index contributed by atoms with van der Waals surface area (Å²) in [6.45, 7) is 3.72. The molecule has 0 aliphatic rings. The Hall–Kier alpha value is -1.71. The Bertz CT molecular complexity index is 361. The SMILES string of the molecule is CCOC(=O)c1ccc(C)c(N)c1O. The van der Waals surface area contributed by atoms with Crippen LogP contribution < -0.4 is 5.73 Å². The van der Waals surface area contributed by atoms with Crippen LogP contribution >= 0.6 is 0 Å². The maximum atomic E-state index is 11.3. The number of esters is 1. The maximum Gasteiger partial charge on any atom is 0.341 e. The van der Waals surface area contributed by atoms with Gasteiger partial charge in [-0.3, -0.25) is 0 Å². The van der Waals surface area contributed by atoms with Crippen LogP contribution in [0.5, 0.6) is 5.75 Å². The first-order chi connectivity index (χ1) is 6.57. The predicted octanol–water partition coefficient (Wildman–Crippen LogP) is 1.46. The lowest BCUT2D eigenvalue weighted by Gasteiger charge is -2.08. The van der Waals surface area contributed by atoms with Crippen LogP contribution in [0, 0.1) is 6.92 Å². The molecule has 4 heteroatoms. The van der Waals surface area contributed by atoms with Gasteiger partial charge >= 0.3 is 5.97 Å². The van der Waals surface area contributed by atoms with Gasteiger partial charge in [-0.1, -0.05) is 6.07 Å². The zero-order chi connectivity index (χ0) is 10.7. The average molecular weight is 195 g/mol. The van der Waals surface area contributed by atoms with Gasteiger partial charge in [0.1, 0.15) is 5.56 Å². The minimum absolute atomic E-state index is 0.106. The average Bonchev–Trinajstić information content (AvgIpc) is 2.15. The molecule has 76 valence electrons. The van der Waals surface area contributed by atoms with Gasteiger partial charge in [-0.05, 0) is 25.5 Å². The molecule has 0 bridgehead atoms.